The van der Waals surface area contributed by atoms with Crippen molar-refractivity contribution in [2.75, 3.05) is 12.8 Å². The van der Waals surface area contributed by atoms with Crippen LogP contribution in [0.2, 0.25) is 0 Å². The zero-order chi connectivity index (χ0) is 14.1. The SMILES string of the molecule is CSC1(CNC2CC(C)(C)CC(C)(C)C2)CCCC1. The van der Waals surface area contributed by atoms with Crippen LogP contribution in [-0.4, -0.2) is 23.6 Å². The van der Waals surface area contributed by atoms with E-state index in [2.05, 4.69) is 51.0 Å². The van der Waals surface area contributed by atoms with E-state index < -0.39 is 0 Å². The molecule has 0 aliphatic heterocycles. The Morgan fingerprint density at radius 2 is 1.53 bits per heavy atom. The van der Waals surface area contributed by atoms with Crippen molar-refractivity contribution < 1.29 is 0 Å². The molecule has 0 saturated heterocycles. The summed E-state index contributed by atoms with van der Waals surface area (Å²) >= 11 is 2.11. The summed E-state index contributed by atoms with van der Waals surface area (Å²) in [6.45, 7) is 11.0. The first-order valence-electron chi connectivity index (χ1n) is 8.05. The quantitative estimate of drug-likeness (QED) is 0.791. The molecule has 2 aliphatic rings. The molecule has 0 aromatic heterocycles. The Morgan fingerprint density at radius 3 is 2.00 bits per heavy atom. The Bertz CT molecular complexity index is 286. The van der Waals surface area contributed by atoms with E-state index in [-0.39, 0.29) is 0 Å². The normalized spacial score (nSPS) is 29.5. The Kier molecular flexibility index (Phi) is 4.62. The molecule has 0 heterocycles. The van der Waals surface area contributed by atoms with Gasteiger partial charge in [0.2, 0.25) is 0 Å². The van der Waals surface area contributed by atoms with Crippen molar-refractivity contribution in [3.05, 3.63) is 0 Å². The first-order chi connectivity index (χ1) is 8.76. The summed E-state index contributed by atoms with van der Waals surface area (Å²) in [5, 5.41) is 3.95. The van der Waals surface area contributed by atoms with Gasteiger partial charge in [0.25, 0.3) is 0 Å². The monoisotopic (exact) mass is 283 g/mol. The van der Waals surface area contributed by atoms with E-state index in [9.17, 15) is 0 Å². The van der Waals surface area contributed by atoms with E-state index in [0.29, 0.717) is 15.6 Å². The van der Waals surface area contributed by atoms with Crippen molar-refractivity contribution in [2.45, 2.75) is 83.4 Å². The molecule has 0 aromatic rings. The highest BCUT2D eigenvalue weighted by molar-refractivity contribution is 8.00. The third-order valence-corrected chi connectivity index (χ3v) is 6.63. The number of hydrogen-bond acceptors (Lipinski definition) is 2. The fourth-order valence-corrected chi connectivity index (χ4v) is 5.72. The molecule has 0 amide bonds. The number of nitrogens with one attached hydrogen (secondary N) is 1. The summed E-state index contributed by atoms with van der Waals surface area (Å²) in [6, 6.07) is 0.725. The van der Waals surface area contributed by atoms with Crippen LogP contribution in [-0.2, 0) is 0 Å². The zero-order valence-electron chi connectivity index (χ0n) is 13.6. The molecule has 1 nitrogen and oxygen atoms in total. The van der Waals surface area contributed by atoms with Crippen molar-refractivity contribution in [1.82, 2.24) is 5.32 Å². The molecule has 2 heteroatoms. The molecular weight excluding hydrogens is 250 g/mol. The average molecular weight is 284 g/mol. The van der Waals surface area contributed by atoms with Crippen LogP contribution in [0, 0.1) is 10.8 Å². The van der Waals surface area contributed by atoms with Crippen LogP contribution < -0.4 is 5.32 Å². The van der Waals surface area contributed by atoms with Gasteiger partial charge in [0, 0.05) is 17.3 Å². The molecular formula is C17H33NS. The van der Waals surface area contributed by atoms with Gasteiger partial charge in [0.05, 0.1) is 0 Å². The van der Waals surface area contributed by atoms with E-state index in [0.717, 1.165) is 6.04 Å². The molecule has 2 rings (SSSR count). The first-order valence-corrected chi connectivity index (χ1v) is 9.27. The number of thioether (sulfide) groups is 1. The Hall–Kier alpha value is 0.310. The minimum absolute atomic E-state index is 0.502. The third-order valence-electron chi connectivity index (χ3n) is 5.22. The van der Waals surface area contributed by atoms with Gasteiger partial charge in [-0.25, -0.2) is 0 Å². The van der Waals surface area contributed by atoms with Gasteiger partial charge < -0.3 is 5.32 Å². The summed E-state index contributed by atoms with van der Waals surface area (Å²) in [6.07, 6.45) is 12.1. The highest BCUT2D eigenvalue weighted by atomic mass is 32.2. The van der Waals surface area contributed by atoms with Gasteiger partial charge in [-0.05, 0) is 49.2 Å². The van der Waals surface area contributed by atoms with E-state index in [4.69, 9.17) is 0 Å². The van der Waals surface area contributed by atoms with Crippen LogP contribution in [0.3, 0.4) is 0 Å². The van der Waals surface area contributed by atoms with Gasteiger partial charge in [-0.3, -0.25) is 0 Å². The van der Waals surface area contributed by atoms with Gasteiger partial charge in [-0.15, -0.1) is 0 Å². The second-order valence-electron chi connectivity index (χ2n) is 8.59. The third kappa shape index (κ3) is 4.14. The van der Waals surface area contributed by atoms with Gasteiger partial charge in [-0.1, -0.05) is 40.5 Å². The highest BCUT2D eigenvalue weighted by Gasteiger charge is 2.40. The lowest BCUT2D eigenvalue weighted by Gasteiger charge is -2.46. The van der Waals surface area contributed by atoms with Crippen LogP contribution in [0.25, 0.3) is 0 Å². The minimum Gasteiger partial charge on any atom is -0.313 e. The van der Waals surface area contributed by atoms with Gasteiger partial charge >= 0.3 is 0 Å². The van der Waals surface area contributed by atoms with Crippen LogP contribution in [0.4, 0.5) is 0 Å². The van der Waals surface area contributed by atoms with Crippen molar-refractivity contribution in [3.63, 3.8) is 0 Å². The van der Waals surface area contributed by atoms with Crippen molar-refractivity contribution >= 4 is 11.8 Å². The minimum atomic E-state index is 0.502. The first kappa shape index (κ1) is 15.7. The molecule has 19 heavy (non-hydrogen) atoms. The molecule has 2 saturated carbocycles. The summed E-state index contributed by atoms with van der Waals surface area (Å²) in [5.41, 5.74) is 1.00. The summed E-state index contributed by atoms with van der Waals surface area (Å²) in [7, 11) is 0. The second-order valence-corrected chi connectivity index (χ2v) is 9.86. The van der Waals surface area contributed by atoms with Crippen molar-refractivity contribution in [3.8, 4) is 0 Å². The summed E-state index contributed by atoms with van der Waals surface area (Å²) in [5.74, 6) is 0. The molecule has 0 atom stereocenters. The van der Waals surface area contributed by atoms with Crippen LogP contribution in [0.5, 0.6) is 0 Å². The van der Waals surface area contributed by atoms with Crippen molar-refractivity contribution in [2.24, 2.45) is 10.8 Å². The molecule has 0 radical (unpaired) electrons. The predicted octanol–water partition coefficient (Wildman–Crippen LogP) is 4.86. The molecule has 2 aliphatic carbocycles. The highest BCUT2D eigenvalue weighted by Crippen LogP contribution is 2.46. The fraction of sp³-hybridized carbons (Fsp3) is 1.00. The van der Waals surface area contributed by atoms with E-state index in [1.54, 1.807) is 0 Å². The standard InChI is InChI=1S/C17H33NS/c1-15(2)10-14(11-16(3,4)12-15)18-13-17(19-5)8-6-7-9-17/h14,18H,6-13H2,1-5H3. The fourth-order valence-electron chi connectivity index (χ4n) is 4.79. The maximum Gasteiger partial charge on any atom is 0.0281 e. The smallest absolute Gasteiger partial charge is 0.0281 e. The number of rotatable bonds is 4. The topological polar surface area (TPSA) is 12.0 Å². The zero-order valence-corrected chi connectivity index (χ0v) is 14.5. The molecule has 0 spiro atoms. The number of hydrogen-bond donors (Lipinski definition) is 1. The maximum absolute atomic E-state index is 3.95. The largest absolute Gasteiger partial charge is 0.313 e. The molecule has 0 bridgehead atoms. The lowest BCUT2D eigenvalue weighted by Crippen LogP contribution is -2.47. The molecule has 112 valence electrons. The van der Waals surface area contributed by atoms with E-state index >= 15 is 0 Å². The second kappa shape index (κ2) is 5.60. The van der Waals surface area contributed by atoms with Gasteiger partial charge in [0.15, 0.2) is 0 Å². The van der Waals surface area contributed by atoms with Crippen LogP contribution in [0.15, 0.2) is 0 Å². The lowest BCUT2D eigenvalue weighted by molar-refractivity contribution is 0.0841. The van der Waals surface area contributed by atoms with Crippen molar-refractivity contribution in [1.29, 1.82) is 0 Å². The van der Waals surface area contributed by atoms with Gasteiger partial charge in [0.1, 0.15) is 0 Å². The van der Waals surface area contributed by atoms with Crippen LogP contribution in [0.1, 0.15) is 72.6 Å². The lowest BCUT2D eigenvalue weighted by atomic mass is 9.63. The van der Waals surface area contributed by atoms with Crippen LogP contribution >= 0.6 is 11.8 Å². The maximum atomic E-state index is 3.95. The Morgan fingerprint density at radius 1 is 1.00 bits per heavy atom. The average Bonchev–Trinajstić information content (AvgIpc) is 2.71. The molecule has 2 fully saturated rings. The summed E-state index contributed by atoms with van der Waals surface area (Å²) < 4.78 is 0.547. The molecule has 0 unspecified atom stereocenters. The Balaban J connectivity index is 1.91. The van der Waals surface area contributed by atoms with E-state index in [1.165, 1.54) is 51.5 Å². The molecule has 0 aromatic carbocycles. The molecule has 1 N–H and O–H groups in total. The van der Waals surface area contributed by atoms with Gasteiger partial charge in [-0.2, -0.15) is 11.8 Å². The predicted molar refractivity (Wildman–Crippen MR) is 87.9 cm³/mol. The Labute approximate surface area is 124 Å². The van der Waals surface area contributed by atoms with E-state index in [1.807, 2.05) is 0 Å². The summed E-state index contributed by atoms with van der Waals surface area (Å²) in [4.78, 5) is 0.